The van der Waals surface area contributed by atoms with Crippen molar-refractivity contribution in [2.24, 2.45) is 0 Å². The fourth-order valence-corrected chi connectivity index (χ4v) is 0.742. The van der Waals surface area contributed by atoms with Gasteiger partial charge in [0.05, 0.1) is 6.61 Å². The maximum Gasteiger partial charge on any atom is 0.243 e. The minimum absolute atomic E-state index is 0.180. The number of amides is 1. The van der Waals surface area contributed by atoms with Crippen molar-refractivity contribution < 1.29 is 14.3 Å². The van der Waals surface area contributed by atoms with Gasteiger partial charge in [-0.15, -0.1) is 0 Å². The van der Waals surface area contributed by atoms with Crippen LogP contribution in [0, 0.1) is 0 Å². The van der Waals surface area contributed by atoms with Crippen LogP contribution in [0.4, 0.5) is 0 Å². The molecule has 0 saturated heterocycles. The molecule has 4 heteroatoms. The van der Waals surface area contributed by atoms with Gasteiger partial charge < -0.3 is 14.8 Å². The van der Waals surface area contributed by atoms with Gasteiger partial charge in [-0.05, 0) is 12.5 Å². The lowest BCUT2D eigenvalue weighted by Crippen LogP contribution is -2.25. The third-order valence-corrected chi connectivity index (χ3v) is 1.54. The molecule has 0 fully saturated rings. The van der Waals surface area contributed by atoms with Crippen LogP contribution < -0.4 is 5.32 Å². The number of ether oxygens (including phenoxy) is 2. The number of carbonyl (C=O) groups is 1. The van der Waals surface area contributed by atoms with Crippen LogP contribution in [0.1, 0.15) is 19.8 Å². The standard InChI is InChI=1S/C10H19NO3/c1-3-5-7-13-9-14-8-6-11-10(12)4-2/h4H,2-3,5-9H2,1H3,(H,11,12). The third-order valence-electron chi connectivity index (χ3n) is 1.54. The summed E-state index contributed by atoms with van der Waals surface area (Å²) in [5.41, 5.74) is 0. The maximum atomic E-state index is 10.7. The van der Waals surface area contributed by atoms with E-state index in [1.54, 1.807) is 0 Å². The molecule has 0 radical (unpaired) electrons. The summed E-state index contributed by atoms with van der Waals surface area (Å²) < 4.78 is 10.3. The Morgan fingerprint density at radius 2 is 2.14 bits per heavy atom. The fraction of sp³-hybridized carbons (Fsp3) is 0.700. The van der Waals surface area contributed by atoms with E-state index in [1.165, 1.54) is 6.08 Å². The summed E-state index contributed by atoms with van der Waals surface area (Å²) in [4.78, 5) is 10.7. The first kappa shape index (κ1) is 13.1. The van der Waals surface area contributed by atoms with Crippen molar-refractivity contribution >= 4 is 5.91 Å². The van der Waals surface area contributed by atoms with Crippen molar-refractivity contribution in [1.29, 1.82) is 0 Å². The molecule has 0 aliphatic heterocycles. The van der Waals surface area contributed by atoms with E-state index in [1.807, 2.05) is 0 Å². The lowest BCUT2D eigenvalue weighted by Gasteiger charge is -2.05. The number of hydrogen-bond donors (Lipinski definition) is 1. The Morgan fingerprint density at radius 1 is 1.43 bits per heavy atom. The van der Waals surface area contributed by atoms with Crippen LogP contribution in [-0.4, -0.2) is 32.5 Å². The molecule has 14 heavy (non-hydrogen) atoms. The highest BCUT2D eigenvalue weighted by Gasteiger charge is 1.92. The smallest absolute Gasteiger partial charge is 0.243 e. The summed E-state index contributed by atoms with van der Waals surface area (Å²) >= 11 is 0. The molecule has 0 aliphatic carbocycles. The molecule has 4 nitrogen and oxygen atoms in total. The van der Waals surface area contributed by atoms with Gasteiger partial charge in [-0.2, -0.15) is 0 Å². The van der Waals surface area contributed by atoms with Gasteiger partial charge >= 0.3 is 0 Å². The van der Waals surface area contributed by atoms with E-state index >= 15 is 0 Å². The molecule has 0 aromatic rings. The number of rotatable bonds is 9. The normalized spacial score (nSPS) is 9.79. The molecule has 0 aliphatic rings. The van der Waals surface area contributed by atoms with Gasteiger partial charge in [0.1, 0.15) is 6.79 Å². The van der Waals surface area contributed by atoms with Crippen molar-refractivity contribution in [3.05, 3.63) is 12.7 Å². The Morgan fingerprint density at radius 3 is 2.79 bits per heavy atom. The van der Waals surface area contributed by atoms with Crippen molar-refractivity contribution in [3.63, 3.8) is 0 Å². The van der Waals surface area contributed by atoms with Crippen LogP contribution >= 0.6 is 0 Å². The van der Waals surface area contributed by atoms with Crippen LogP contribution in [0.3, 0.4) is 0 Å². The van der Waals surface area contributed by atoms with Crippen molar-refractivity contribution in [3.8, 4) is 0 Å². The number of unbranched alkanes of at least 4 members (excludes halogenated alkanes) is 1. The first-order valence-electron chi connectivity index (χ1n) is 4.87. The van der Waals surface area contributed by atoms with Gasteiger partial charge in [-0.1, -0.05) is 19.9 Å². The van der Waals surface area contributed by atoms with Crippen LogP contribution in [0.2, 0.25) is 0 Å². The molecule has 1 amide bonds. The van der Waals surface area contributed by atoms with Crippen molar-refractivity contribution in [2.45, 2.75) is 19.8 Å². The molecule has 1 N–H and O–H groups in total. The van der Waals surface area contributed by atoms with Gasteiger partial charge in [0.2, 0.25) is 5.91 Å². The van der Waals surface area contributed by atoms with E-state index in [0.717, 1.165) is 19.4 Å². The topological polar surface area (TPSA) is 47.6 Å². The van der Waals surface area contributed by atoms with Crippen molar-refractivity contribution in [2.75, 3.05) is 26.6 Å². The average molecular weight is 201 g/mol. The van der Waals surface area contributed by atoms with Gasteiger partial charge in [0, 0.05) is 13.2 Å². The minimum atomic E-state index is -0.180. The van der Waals surface area contributed by atoms with E-state index in [4.69, 9.17) is 9.47 Å². The average Bonchev–Trinajstić information content (AvgIpc) is 2.21. The molecular weight excluding hydrogens is 182 g/mol. The molecule has 0 atom stereocenters. The minimum Gasteiger partial charge on any atom is -0.355 e. The first-order valence-corrected chi connectivity index (χ1v) is 4.87. The first-order chi connectivity index (χ1) is 6.81. The van der Waals surface area contributed by atoms with Gasteiger partial charge in [0.25, 0.3) is 0 Å². The molecule has 0 bridgehead atoms. The largest absolute Gasteiger partial charge is 0.355 e. The summed E-state index contributed by atoms with van der Waals surface area (Å²) in [6.45, 7) is 7.42. The highest BCUT2D eigenvalue weighted by Crippen LogP contribution is 1.87. The number of nitrogens with one attached hydrogen (secondary N) is 1. The molecule has 0 rings (SSSR count). The molecule has 0 unspecified atom stereocenters. The summed E-state index contributed by atoms with van der Waals surface area (Å²) in [6.07, 6.45) is 3.41. The zero-order chi connectivity index (χ0) is 10.6. The Kier molecular flexibility index (Phi) is 9.58. The van der Waals surface area contributed by atoms with E-state index in [0.29, 0.717) is 19.9 Å². The zero-order valence-electron chi connectivity index (χ0n) is 8.75. The second kappa shape index (κ2) is 10.2. The quantitative estimate of drug-likeness (QED) is 0.345. The van der Waals surface area contributed by atoms with Crippen LogP contribution in [0.15, 0.2) is 12.7 Å². The van der Waals surface area contributed by atoms with Crippen LogP contribution in [0.5, 0.6) is 0 Å². The highest BCUT2D eigenvalue weighted by atomic mass is 16.7. The van der Waals surface area contributed by atoms with E-state index in [9.17, 15) is 4.79 Å². The van der Waals surface area contributed by atoms with E-state index in [-0.39, 0.29) is 5.91 Å². The molecule has 0 aromatic carbocycles. The van der Waals surface area contributed by atoms with Gasteiger partial charge in [-0.25, -0.2) is 0 Å². The van der Waals surface area contributed by atoms with Gasteiger partial charge in [0.15, 0.2) is 0 Å². The lowest BCUT2D eigenvalue weighted by molar-refractivity contribution is -0.117. The van der Waals surface area contributed by atoms with Gasteiger partial charge in [-0.3, -0.25) is 4.79 Å². The molecule has 0 aromatic heterocycles. The zero-order valence-corrected chi connectivity index (χ0v) is 8.75. The predicted molar refractivity (Wildman–Crippen MR) is 54.9 cm³/mol. The van der Waals surface area contributed by atoms with E-state index < -0.39 is 0 Å². The summed E-state index contributed by atoms with van der Waals surface area (Å²) in [5, 5.41) is 2.60. The number of hydrogen-bond acceptors (Lipinski definition) is 3. The molecule has 0 heterocycles. The monoisotopic (exact) mass is 201 g/mol. The van der Waals surface area contributed by atoms with Crippen LogP contribution in [0.25, 0.3) is 0 Å². The molecule has 0 spiro atoms. The summed E-state index contributed by atoms with van der Waals surface area (Å²) in [6, 6.07) is 0. The third kappa shape index (κ3) is 9.22. The lowest BCUT2D eigenvalue weighted by atomic mass is 10.4. The number of carbonyl (C=O) groups excluding carboxylic acids is 1. The molecular formula is C10H19NO3. The fourth-order valence-electron chi connectivity index (χ4n) is 0.742. The maximum absolute atomic E-state index is 10.7. The Labute approximate surface area is 85.3 Å². The Hall–Kier alpha value is -0.870. The Balaban J connectivity index is 2.99. The molecule has 82 valence electrons. The summed E-state index contributed by atoms with van der Waals surface area (Å²) in [7, 11) is 0. The van der Waals surface area contributed by atoms with E-state index in [2.05, 4.69) is 18.8 Å². The predicted octanol–water partition coefficient (Wildman–Crippen LogP) is 1.08. The van der Waals surface area contributed by atoms with Crippen LogP contribution in [-0.2, 0) is 14.3 Å². The van der Waals surface area contributed by atoms with Crippen molar-refractivity contribution in [1.82, 2.24) is 5.32 Å². The highest BCUT2D eigenvalue weighted by molar-refractivity contribution is 5.86. The second-order valence-electron chi connectivity index (χ2n) is 2.78. The second-order valence-corrected chi connectivity index (χ2v) is 2.78. The Bertz CT molecular complexity index is 159. The molecule has 0 saturated carbocycles. The summed E-state index contributed by atoms with van der Waals surface area (Å²) in [5.74, 6) is -0.180. The SMILES string of the molecule is C=CC(=O)NCCOCOCCCC.